The Kier molecular flexibility index (Phi) is 8.64. The maximum Gasteiger partial charge on any atom is 0.266 e. The van der Waals surface area contributed by atoms with E-state index in [2.05, 4.69) is 33.8 Å². The van der Waals surface area contributed by atoms with Gasteiger partial charge in [-0.05, 0) is 67.7 Å². The third-order valence-corrected chi connectivity index (χ3v) is 7.44. The molecule has 1 aliphatic heterocycles. The van der Waals surface area contributed by atoms with Gasteiger partial charge in [0.05, 0.1) is 17.2 Å². The summed E-state index contributed by atoms with van der Waals surface area (Å²) >= 11 is 6.87. The van der Waals surface area contributed by atoms with Crippen molar-refractivity contribution in [3.05, 3.63) is 70.8 Å². The number of thioether (sulfide) groups is 1. The number of carbonyl (C=O) groups is 1. The molecule has 0 bridgehead atoms. The number of rotatable bonds is 10. The second-order valence-corrected chi connectivity index (χ2v) is 11.1. The lowest BCUT2D eigenvalue weighted by atomic mass is 10.0. The fourth-order valence-corrected chi connectivity index (χ4v) is 5.24. The first-order chi connectivity index (χ1) is 17.4. The fraction of sp³-hybridized carbons (Fsp3) is 0.345. The number of aromatic nitrogens is 2. The first-order valence-corrected chi connectivity index (χ1v) is 13.7. The number of nitrogens with zero attached hydrogens (tertiary/aromatic N) is 3. The van der Waals surface area contributed by atoms with Crippen LogP contribution < -0.4 is 4.74 Å². The molecule has 0 unspecified atom stereocenters. The molecule has 0 aliphatic carbocycles. The Morgan fingerprint density at radius 1 is 1.17 bits per heavy atom. The van der Waals surface area contributed by atoms with Gasteiger partial charge in [-0.2, -0.15) is 5.10 Å². The van der Waals surface area contributed by atoms with Crippen LogP contribution in [0.2, 0.25) is 0 Å². The summed E-state index contributed by atoms with van der Waals surface area (Å²) in [5, 5.41) is 4.93. The molecule has 1 saturated heterocycles. The van der Waals surface area contributed by atoms with Crippen LogP contribution in [-0.4, -0.2) is 38.1 Å². The fourth-order valence-electron chi connectivity index (χ4n) is 3.94. The van der Waals surface area contributed by atoms with Crippen molar-refractivity contribution in [2.75, 3.05) is 13.2 Å². The van der Waals surface area contributed by atoms with Gasteiger partial charge in [0.2, 0.25) is 0 Å². The molecule has 36 heavy (non-hydrogen) atoms. The van der Waals surface area contributed by atoms with Crippen molar-refractivity contribution < 1.29 is 9.53 Å². The molecule has 0 spiro atoms. The van der Waals surface area contributed by atoms with E-state index in [0.29, 0.717) is 28.3 Å². The average Bonchev–Trinajstić information content (AvgIpc) is 3.40. The Hall–Kier alpha value is -2.90. The third-order valence-electron chi connectivity index (χ3n) is 6.06. The number of benzene rings is 2. The van der Waals surface area contributed by atoms with Crippen molar-refractivity contribution in [3.8, 4) is 22.7 Å². The van der Waals surface area contributed by atoms with Gasteiger partial charge in [0.1, 0.15) is 15.8 Å². The van der Waals surface area contributed by atoms with Crippen LogP contribution in [0.15, 0.2) is 59.6 Å². The summed E-state index contributed by atoms with van der Waals surface area (Å²) in [7, 11) is 0. The third kappa shape index (κ3) is 6.08. The molecule has 188 valence electrons. The molecule has 5 nitrogen and oxygen atoms in total. The van der Waals surface area contributed by atoms with E-state index in [-0.39, 0.29) is 5.91 Å². The molecular weight excluding hydrogens is 486 g/mol. The van der Waals surface area contributed by atoms with E-state index >= 15 is 0 Å². The molecule has 0 radical (unpaired) electrons. The topological polar surface area (TPSA) is 47.4 Å². The first-order valence-electron chi connectivity index (χ1n) is 12.5. The van der Waals surface area contributed by atoms with Gasteiger partial charge in [-0.1, -0.05) is 69.4 Å². The summed E-state index contributed by atoms with van der Waals surface area (Å²) in [4.78, 5) is 15.5. The highest BCUT2D eigenvalue weighted by atomic mass is 32.2. The van der Waals surface area contributed by atoms with Crippen molar-refractivity contribution in [2.24, 2.45) is 5.92 Å². The summed E-state index contributed by atoms with van der Waals surface area (Å²) in [6.07, 6.45) is 6.87. The number of thiocarbonyl (C=S) groups is 1. The summed E-state index contributed by atoms with van der Waals surface area (Å²) in [6, 6.07) is 16.2. The van der Waals surface area contributed by atoms with E-state index in [4.69, 9.17) is 22.1 Å². The van der Waals surface area contributed by atoms with Gasteiger partial charge in [0.15, 0.2) is 0 Å². The first kappa shape index (κ1) is 26.2. The number of hydrogen-bond acceptors (Lipinski definition) is 5. The van der Waals surface area contributed by atoms with Crippen molar-refractivity contribution in [3.63, 3.8) is 0 Å². The van der Waals surface area contributed by atoms with Crippen molar-refractivity contribution in [1.82, 2.24) is 14.7 Å². The van der Waals surface area contributed by atoms with Gasteiger partial charge in [-0.25, -0.2) is 4.68 Å². The zero-order valence-corrected chi connectivity index (χ0v) is 23.0. The van der Waals surface area contributed by atoms with Crippen molar-refractivity contribution in [2.45, 2.75) is 47.0 Å². The molecule has 0 saturated carbocycles. The van der Waals surface area contributed by atoms with Crippen LogP contribution in [0.25, 0.3) is 23.0 Å². The van der Waals surface area contributed by atoms with E-state index in [9.17, 15) is 4.79 Å². The standard InChI is InChI=1S/C29H33N3O2S2/c1-5-6-15-31-28(33)26(36-29(31)35)18-23-19-32(24-10-8-7-9-11-24)30-27(23)22-12-13-25(21(4)17-22)34-16-14-20(2)3/h7-13,17-20H,5-6,14-16H2,1-4H3. The SMILES string of the molecule is CCCCN1C(=O)C(=Cc2cn(-c3ccccc3)nc2-c2ccc(OCCC(C)C)c(C)c2)SC1=S. The molecule has 2 heterocycles. The lowest BCUT2D eigenvalue weighted by Crippen LogP contribution is -2.28. The minimum absolute atomic E-state index is 0.0260. The molecule has 1 fully saturated rings. The monoisotopic (exact) mass is 519 g/mol. The predicted molar refractivity (Wildman–Crippen MR) is 153 cm³/mol. The normalized spacial score (nSPS) is 14.9. The van der Waals surface area contributed by atoms with E-state index in [1.54, 1.807) is 4.90 Å². The van der Waals surface area contributed by atoms with Crippen LogP contribution in [0.3, 0.4) is 0 Å². The largest absolute Gasteiger partial charge is 0.493 e. The second kappa shape index (κ2) is 11.9. The number of ether oxygens (including phenoxy) is 1. The van der Waals surface area contributed by atoms with Crippen LogP contribution in [0.5, 0.6) is 5.75 Å². The van der Waals surface area contributed by atoms with Gasteiger partial charge in [-0.15, -0.1) is 0 Å². The molecule has 2 aromatic carbocycles. The summed E-state index contributed by atoms with van der Waals surface area (Å²) < 4.78 is 8.50. The maximum atomic E-state index is 13.1. The molecule has 3 aromatic rings. The molecule has 0 N–H and O–H groups in total. The summed E-state index contributed by atoms with van der Waals surface area (Å²) in [5.41, 5.74) is 4.69. The number of unbranched alkanes of at least 4 members (excludes halogenated alkanes) is 1. The van der Waals surface area contributed by atoms with E-state index in [1.165, 1.54) is 11.8 Å². The van der Waals surface area contributed by atoms with Gasteiger partial charge >= 0.3 is 0 Å². The van der Waals surface area contributed by atoms with E-state index < -0.39 is 0 Å². The Balaban J connectivity index is 1.70. The van der Waals surface area contributed by atoms with Crippen LogP contribution in [0.4, 0.5) is 0 Å². The summed E-state index contributed by atoms with van der Waals surface area (Å²) in [5.74, 6) is 1.46. The van der Waals surface area contributed by atoms with Crippen LogP contribution >= 0.6 is 24.0 Å². The second-order valence-electron chi connectivity index (χ2n) is 9.41. The number of carbonyl (C=O) groups excluding carboxylic acids is 1. The Morgan fingerprint density at radius 3 is 2.64 bits per heavy atom. The summed E-state index contributed by atoms with van der Waals surface area (Å²) in [6.45, 7) is 9.92. The number of amides is 1. The predicted octanol–water partition coefficient (Wildman–Crippen LogP) is 7.27. The van der Waals surface area contributed by atoms with Crippen molar-refractivity contribution in [1.29, 1.82) is 0 Å². The average molecular weight is 520 g/mol. The molecule has 0 atom stereocenters. The zero-order valence-electron chi connectivity index (χ0n) is 21.4. The highest BCUT2D eigenvalue weighted by Gasteiger charge is 2.32. The van der Waals surface area contributed by atoms with Gasteiger partial charge in [0.25, 0.3) is 5.91 Å². The molecular formula is C29H33N3O2S2. The lowest BCUT2D eigenvalue weighted by Gasteiger charge is -2.13. The van der Waals surface area contributed by atoms with Crippen LogP contribution in [0.1, 0.15) is 51.2 Å². The Bertz CT molecular complexity index is 1260. The number of para-hydroxylation sites is 1. The van der Waals surface area contributed by atoms with Gasteiger partial charge in [0, 0.05) is 23.9 Å². The molecule has 1 aromatic heterocycles. The highest BCUT2D eigenvalue weighted by Crippen LogP contribution is 2.36. The Labute approximate surface area is 223 Å². The molecule has 1 amide bonds. The Morgan fingerprint density at radius 2 is 1.94 bits per heavy atom. The zero-order chi connectivity index (χ0) is 25.7. The lowest BCUT2D eigenvalue weighted by molar-refractivity contribution is -0.122. The highest BCUT2D eigenvalue weighted by molar-refractivity contribution is 8.26. The number of hydrogen-bond donors (Lipinski definition) is 0. The van der Waals surface area contributed by atoms with Crippen molar-refractivity contribution >= 4 is 40.3 Å². The van der Waals surface area contributed by atoms with Crippen LogP contribution in [0, 0.1) is 12.8 Å². The van der Waals surface area contributed by atoms with E-state index in [0.717, 1.165) is 53.1 Å². The molecule has 4 rings (SSSR count). The minimum Gasteiger partial charge on any atom is -0.493 e. The van der Waals surface area contributed by atoms with Crippen LogP contribution in [-0.2, 0) is 4.79 Å². The van der Waals surface area contributed by atoms with E-state index in [1.807, 2.05) is 59.4 Å². The number of aryl methyl sites for hydroxylation is 1. The minimum atomic E-state index is -0.0260. The van der Waals surface area contributed by atoms with Gasteiger partial charge < -0.3 is 4.74 Å². The molecule has 1 aliphatic rings. The van der Waals surface area contributed by atoms with Gasteiger partial charge in [-0.3, -0.25) is 9.69 Å². The quantitative estimate of drug-likeness (QED) is 0.208. The molecule has 7 heteroatoms. The maximum absolute atomic E-state index is 13.1. The smallest absolute Gasteiger partial charge is 0.266 e.